The quantitative estimate of drug-likeness (QED) is 0.363. The molecule has 0 radical (unpaired) electrons. The van der Waals surface area contributed by atoms with Crippen molar-refractivity contribution in [2.75, 3.05) is 13.1 Å². The number of aromatic amines is 1. The zero-order valence-corrected chi connectivity index (χ0v) is 24.2. The highest BCUT2D eigenvalue weighted by Crippen LogP contribution is 2.33. The molecular formula is C27H32BrN3O6S. The molecule has 1 atom stereocenters. The van der Waals surface area contributed by atoms with Crippen LogP contribution in [0.2, 0.25) is 0 Å². The highest BCUT2D eigenvalue weighted by atomic mass is 79.9. The molecule has 2 heterocycles. The van der Waals surface area contributed by atoms with Gasteiger partial charge in [-0.1, -0.05) is 33.6 Å². The molecule has 1 saturated heterocycles. The first-order chi connectivity index (χ1) is 17.8. The highest BCUT2D eigenvalue weighted by Gasteiger charge is 2.36. The molecule has 0 saturated carbocycles. The molecule has 2 N–H and O–H groups in total. The minimum absolute atomic E-state index is 0.0676. The van der Waals surface area contributed by atoms with E-state index in [9.17, 15) is 18.0 Å². The van der Waals surface area contributed by atoms with Crippen LogP contribution in [0.3, 0.4) is 0 Å². The molecule has 1 unspecified atom stereocenters. The fourth-order valence-electron chi connectivity index (χ4n) is 4.38. The first-order valence-corrected chi connectivity index (χ1v) is 14.6. The SMILES string of the molecule is Cc1ccc(S(=O)(=O)Oc2cc(Br)cc3c(CCNC(=O)C4CCCN4C(=O)OC(C)(C)C)c[nH]c23)cc1. The van der Waals surface area contributed by atoms with Crippen molar-refractivity contribution in [3.8, 4) is 5.75 Å². The van der Waals surface area contributed by atoms with Crippen molar-refractivity contribution >= 4 is 49.0 Å². The first kappa shape index (κ1) is 28.0. The van der Waals surface area contributed by atoms with Crippen molar-refractivity contribution in [3.05, 3.63) is 58.2 Å². The number of aryl methyl sites for hydroxylation is 1. The van der Waals surface area contributed by atoms with Crippen LogP contribution in [0, 0.1) is 6.92 Å². The highest BCUT2D eigenvalue weighted by molar-refractivity contribution is 9.10. The molecule has 2 amide bonds. The lowest BCUT2D eigenvalue weighted by Gasteiger charge is -2.28. The van der Waals surface area contributed by atoms with Crippen LogP contribution in [0.1, 0.15) is 44.7 Å². The lowest BCUT2D eigenvalue weighted by Crippen LogP contribution is -2.47. The third-order valence-corrected chi connectivity index (χ3v) is 7.90. The van der Waals surface area contributed by atoms with Gasteiger partial charge in [0.25, 0.3) is 0 Å². The molecule has 2 aromatic carbocycles. The molecule has 1 aromatic heterocycles. The standard InChI is InChI=1S/C27H32BrN3O6S/c1-17-7-9-20(10-8-17)38(34,35)37-23-15-19(28)14-21-18(16-30-24(21)23)11-12-29-25(32)22-6-5-13-31(22)26(33)36-27(2,3)4/h7-10,14-16,22,30H,5-6,11-13H2,1-4H3,(H,29,32). The minimum atomic E-state index is -4.03. The van der Waals surface area contributed by atoms with Gasteiger partial charge in [0.2, 0.25) is 5.91 Å². The van der Waals surface area contributed by atoms with Crippen LogP contribution in [0.4, 0.5) is 4.79 Å². The van der Waals surface area contributed by atoms with E-state index in [1.807, 2.05) is 13.0 Å². The molecule has 1 aliphatic heterocycles. The minimum Gasteiger partial charge on any atom is -0.444 e. The van der Waals surface area contributed by atoms with Crippen molar-refractivity contribution < 1.29 is 26.9 Å². The normalized spacial score (nSPS) is 16.0. The summed E-state index contributed by atoms with van der Waals surface area (Å²) in [6.45, 7) is 8.09. The number of fused-ring (bicyclic) bond motifs is 1. The van der Waals surface area contributed by atoms with Crippen molar-refractivity contribution in [2.24, 2.45) is 0 Å². The number of hydrogen-bond acceptors (Lipinski definition) is 6. The maximum atomic E-state index is 12.9. The third-order valence-electron chi connectivity index (χ3n) is 6.19. The number of halogens is 1. The van der Waals surface area contributed by atoms with Gasteiger partial charge in [-0.3, -0.25) is 9.69 Å². The fourth-order valence-corrected chi connectivity index (χ4v) is 5.75. The predicted octanol–water partition coefficient (Wildman–Crippen LogP) is 5.06. The molecule has 1 aliphatic rings. The van der Waals surface area contributed by atoms with Gasteiger partial charge in [0.05, 0.1) is 5.52 Å². The Balaban J connectivity index is 1.44. The predicted molar refractivity (Wildman–Crippen MR) is 148 cm³/mol. The number of rotatable bonds is 7. The molecule has 0 aliphatic carbocycles. The molecule has 3 aromatic rings. The van der Waals surface area contributed by atoms with Crippen LogP contribution in [0.25, 0.3) is 10.9 Å². The molecule has 0 bridgehead atoms. The van der Waals surface area contributed by atoms with Crippen molar-refractivity contribution in [3.63, 3.8) is 0 Å². The Bertz CT molecular complexity index is 1440. The molecule has 204 valence electrons. The Morgan fingerprint density at radius 1 is 1.18 bits per heavy atom. The summed E-state index contributed by atoms with van der Waals surface area (Å²) in [7, 11) is -4.03. The first-order valence-electron chi connectivity index (χ1n) is 12.4. The number of H-pyrrole nitrogens is 1. The van der Waals surface area contributed by atoms with E-state index in [4.69, 9.17) is 8.92 Å². The van der Waals surface area contributed by atoms with Crippen LogP contribution in [0.15, 0.2) is 52.0 Å². The van der Waals surface area contributed by atoms with E-state index in [0.717, 1.165) is 22.9 Å². The summed E-state index contributed by atoms with van der Waals surface area (Å²) in [5.74, 6) is -0.0493. The molecule has 1 fully saturated rings. The second-order valence-corrected chi connectivity index (χ2v) is 12.8. The Morgan fingerprint density at radius 2 is 1.89 bits per heavy atom. The number of ether oxygens (including phenoxy) is 1. The van der Waals surface area contributed by atoms with Crippen molar-refractivity contribution in [2.45, 2.75) is 63.5 Å². The van der Waals surface area contributed by atoms with E-state index < -0.39 is 27.9 Å². The largest absolute Gasteiger partial charge is 0.444 e. The Morgan fingerprint density at radius 3 is 2.58 bits per heavy atom. The van der Waals surface area contributed by atoms with Gasteiger partial charge in [0, 0.05) is 29.1 Å². The lowest BCUT2D eigenvalue weighted by atomic mass is 10.1. The average Bonchev–Trinajstić information content (AvgIpc) is 3.46. The van der Waals surface area contributed by atoms with Gasteiger partial charge in [-0.15, -0.1) is 0 Å². The number of hydrogen-bond donors (Lipinski definition) is 2. The summed E-state index contributed by atoms with van der Waals surface area (Å²) >= 11 is 3.44. The zero-order valence-electron chi connectivity index (χ0n) is 21.8. The summed E-state index contributed by atoms with van der Waals surface area (Å²) in [5, 5.41) is 3.70. The second-order valence-electron chi connectivity index (χ2n) is 10.4. The Labute approximate surface area is 231 Å². The second kappa shape index (κ2) is 11.0. The number of carbonyl (C=O) groups excluding carboxylic acids is 2. The topological polar surface area (TPSA) is 118 Å². The van der Waals surface area contributed by atoms with Gasteiger partial charge in [0.15, 0.2) is 5.75 Å². The monoisotopic (exact) mass is 605 g/mol. The number of aromatic nitrogens is 1. The van der Waals surface area contributed by atoms with E-state index in [1.54, 1.807) is 45.2 Å². The van der Waals surface area contributed by atoms with E-state index in [-0.39, 0.29) is 16.6 Å². The number of amides is 2. The van der Waals surface area contributed by atoms with E-state index in [2.05, 4.69) is 26.2 Å². The number of benzene rings is 2. The number of nitrogens with one attached hydrogen (secondary N) is 2. The van der Waals surface area contributed by atoms with Gasteiger partial charge < -0.3 is 19.2 Å². The Kier molecular flexibility index (Phi) is 8.08. The maximum absolute atomic E-state index is 12.9. The summed E-state index contributed by atoms with van der Waals surface area (Å²) in [6, 6.07) is 9.36. The van der Waals surface area contributed by atoms with Crippen LogP contribution in [-0.2, 0) is 26.1 Å². The van der Waals surface area contributed by atoms with Crippen LogP contribution < -0.4 is 9.50 Å². The molecular weight excluding hydrogens is 574 g/mol. The van der Waals surface area contributed by atoms with Crippen LogP contribution >= 0.6 is 15.9 Å². The van der Waals surface area contributed by atoms with Crippen molar-refractivity contribution in [1.29, 1.82) is 0 Å². The smallest absolute Gasteiger partial charge is 0.410 e. The van der Waals surface area contributed by atoms with E-state index in [0.29, 0.717) is 35.9 Å². The van der Waals surface area contributed by atoms with Gasteiger partial charge >= 0.3 is 16.2 Å². The number of carbonyl (C=O) groups is 2. The molecule has 11 heteroatoms. The summed E-state index contributed by atoms with van der Waals surface area (Å²) in [6.07, 6.45) is 3.11. The fraction of sp³-hybridized carbons (Fsp3) is 0.407. The average molecular weight is 607 g/mol. The summed E-state index contributed by atoms with van der Waals surface area (Å²) in [4.78, 5) is 30.1. The van der Waals surface area contributed by atoms with E-state index in [1.165, 1.54) is 17.0 Å². The zero-order chi connectivity index (χ0) is 27.7. The molecule has 4 rings (SSSR count). The molecule has 9 nitrogen and oxygen atoms in total. The Hall–Kier alpha value is -3.05. The maximum Gasteiger partial charge on any atom is 0.410 e. The lowest BCUT2D eigenvalue weighted by molar-refractivity contribution is -0.125. The summed E-state index contributed by atoms with van der Waals surface area (Å²) in [5.41, 5.74) is 1.74. The van der Waals surface area contributed by atoms with Gasteiger partial charge in [-0.05, 0) is 76.8 Å². The van der Waals surface area contributed by atoms with E-state index >= 15 is 0 Å². The number of nitrogens with zero attached hydrogens (tertiary/aromatic N) is 1. The third kappa shape index (κ3) is 6.50. The van der Waals surface area contributed by atoms with Gasteiger partial charge in [-0.25, -0.2) is 4.79 Å². The van der Waals surface area contributed by atoms with Crippen molar-refractivity contribution in [1.82, 2.24) is 15.2 Å². The van der Waals surface area contributed by atoms with Crippen LogP contribution in [0.5, 0.6) is 5.75 Å². The molecule has 38 heavy (non-hydrogen) atoms. The summed E-state index contributed by atoms with van der Waals surface area (Å²) < 4.78 is 37.3. The number of likely N-dealkylation sites (tertiary alicyclic amines) is 1. The molecule has 0 spiro atoms. The van der Waals surface area contributed by atoms with Gasteiger partial charge in [-0.2, -0.15) is 8.42 Å². The van der Waals surface area contributed by atoms with Gasteiger partial charge in [0.1, 0.15) is 16.5 Å². The van der Waals surface area contributed by atoms with Crippen LogP contribution in [-0.4, -0.2) is 55.0 Å².